The van der Waals surface area contributed by atoms with Gasteiger partial charge >= 0.3 is 0 Å². The summed E-state index contributed by atoms with van der Waals surface area (Å²) < 4.78 is 5.65. The lowest BCUT2D eigenvalue weighted by molar-refractivity contribution is -0.130. The Labute approximate surface area is 163 Å². The standard InChI is InChI=1S/C23H20N2O3/c1-16-15-19(26)21(23(27)24-17-9-4-2-5-10-17)22(20-13-8-14-28-20)25(16)18-11-6-3-7-12-18/h2-15,21-22H,1H3,(H,24,27)/t21-,22+/m0/s1. The predicted molar refractivity (Wildman–Crippen MR) is 108 cm³/mol. The molecule has 0 saturated carbocycles. The van der Waals surface area contributed by atoms with Crippen LogP contribution in [0.3, 0.4) is 0 Å². The fraction of sp³-hybridized carbons (Fsp3) is 0.130. The highest BCUT2D eigenvalue weighted by molar-refractivity contribution is 6.13. The second-order valence-electron chi connectivity index (χ2n) is 6.69. The summed E-state index contributed by atoms with van der Waals surface area (Å²) in [6.07, 6.45) is 3.09. The third-order valence-corrected chi connectivity index (χ3v) is 4.82. The number of hydrogen-bond donors (Lipinski definition) is 1. The highest BCUT2D eigenvalue weighted by Gasteiger charge is 2.44. The van der Waals surface area contributed by atoms with Crippen LogP contribution in [-0.4, -0.2) is 11.7 Å². The molecule has 1 aromatic heterocycles. The van der Waals surface area contributed by atoms with Crippen LogP contribution in [0.15, 0.2) is 95.2 Å². The van der Waals surface area contributed by atoms with Crippen molar-refractivity contribution in [1.82, 2.24) is 0 Å². The molecule has 0 bridgehead atoms. The number of allylic oxidation sites excluding steroid dienone is 2. The van der Waals surface area contributed by atoms with Gasteiger partial charge in [-0.3, -0.25) is 9.59 Å². The molecule has 28 heavy (non-hydrogen) atoms. The van der Waals surface area contributed by atoms with Gasteiger partial charge in [0.2, 0.25) is 5.91 Å². The first-order valence-electron chi connectivity index (χ1n) is 9.11. The molecule has 0 spiro atoms. The Bertz CT molecular complexity index is 995. The zero-order chi connectivity index (χ0) is 19.5. The van der Waals surface area contributed by atoms with Gasteiger partial charge in [0.15, 0.2) is 5.78 Å². The molecular formula is C23H20N2O3. The molecule has 1 aliphatic rings. The first kappa shape index (κ1) is 17.8. The molecule has 1 N–H and O–H groups in total. The summed E-state index contributed by atoms with van der Waals surface area (Å²) in [5.41, 5.74) is 2.31. The highest BCUT2D eigenvalue weighted by Crippen LogP contribution is 2.40. The number of benzene rings is 2. The van der Waals surface area contributed by atoms with Gasteiger partial charge in [-0.25, -0.2) is 0 Å². The average molecular weight is 372 g/mol. The maximum atomic E-state index is 13.1. The number of carbonyl (C=O) groups is 2. The van der Waals surface area contributed by atoms with Gasteiger partial charge in [-0.1, -0.05) is 36.4 Å². The van der Waals surface area contributed by atoms with Gasteiger partial charge in [0.1, 0.15) is 17.7 Å². The van der Waals surface area contributed by atoms with E-state index in [1.165, 1.54) is 6.08 Å². The Morgan fingerprint density at radius 1 is 0.964 bits per heavy atom. The van der Waals surface area contributed by atoms with Crippen molar-refractivity contribution in [2.45, 2.75) is 13.0 Å². The maximum Gasteiger partial charge on any atom is 0.237 e. The second kappa shape index (κ2) is 7.56. The molecular weight excluding hydrogens is 352 g/mol. The van der Waals surface area contributed by atoms with Crippen LogP contribution in [0, 0.1) is 5.92 Å². The quantitative estimate of drug-likeness (QED) is 0.682. The number of furan rings is 1. The number of nitrogens with zero attached hydrogens (tertiary/aromatic N) is 1. The largest absolute Gasteiger partial charge is 0.467 e. The molecule has 2 heterocycles. The summed E-state index contributed by atoms with van der Waals surface area (Å²) >= 11 is 0. The van der Waals surface area contributed by atoms with Crippen molar-refractivity contribution in [3.63, 3.8) is 0 Å². The molecule has 5 heteroatoms. The lowest BCUT2D eigenvalue weighted by atomic mass is 9.86. The van der Waals surface area contributed by atoms with Crippen LogP contribution >= 0.6 is 0 Å². The molecule has 1 aliphatic heterocycles. The Kier molecular flexibility index (Phi) is 4.81. The van der Waals surface area contributed by atoms with Crippen LogP contribution in [0.1, 0.15) is 18.7 Å². The molecule has 3 aromatic rings. The zero-order valence-corrected chi connectivity index (χ0v) is 15.4. The summed E-state index contributed by atoms with van der Waals surface area (Å²) in [4.78, 5) is 28.0. The SMILES string of the molecule is CC1=CC(=O)[C@H](C(=O)Nc2ccccc2)[C@@H](c2ccco2)N1c1ccccc1. The second-order valence-corrected chi connectivity index (χ2v) is 6.69. The third kappa shape index (κ3) is 3.34. The van der Waals surface area contributed by atoms with Gasteiger partial charge in [0, 0.05) is 23.1 Å². The normalized spacial score (nSPS) is 19.2. The first-order valence-corrected chi connectivity index (χ1v) is 9.11. The van der Waals surface area contributed by atoms with E-state index in [1.54, 1.807) is 30.5 Å². The van der Waals surface area contributed by atoms with Gasteiger partial charge < -0.3 is 14.6 Å². The van der Waals surface area contributed by atoms with Gasteiger partial charge in [-0.2, -0.15) is 0 Å². The minimum atomic E-state index is -0.935. The molecule has 0 saturated heterocycles. The van der Waals surface area contributed by atoms with Crippen LogP contribution in [0.25, 0.3) is 0 Å². The number of ketones is 1. The Balaban J connectivity index is 1.77. The Morgan fingerprint density at radius 3 is 2.29 bits per heavy atom. The van der Waals surface area contributed by atoms with E-state index in [-0.39, 0.29) is 11.7 Å². The minimum absolute atomic E-state index is 0.237. The van der Waals surface area contributed by atoms with Gasteiger partial charge in [0.25, 0.3) is 0 Å². The maximum absolute atomic E-state index is 13.1. The Hall–Kier alpha value is -3.60. The van der Waals surface area contributed by atoms with E-state index in [9.17, 15) is 9.59 Å². The summed E-state index contributed by atoms with van der Waals surface area (Å²) in [7, 11) is 0. The summed E-state index contributed by atoms with van der Waals surface area (Å²) in [6.45, 7) is 1.87. The van der Waals surface area contributed by atoms with Crippen molar-refractivity contribution in [2.75, 3.05) is 10.2 Å². The molecule has 4 rings (SSSR count). The van der Waals surface area contributed by atoms with Crippen LogP contribution in [-0.2, 0) is 9.59 Å². The molecule has 0 radical (unpaired) electrons. The van der Waals surface area contributed by atoms with Crippen molar-refractivity contribution in [3.8, 4) is 0 Å². The van der Waals surface area contributed by atoms with E-state index in [1.807, 2.05) is 60.4 Å². The lowest BCUT2D eigenvalue weighted by Crippen LogP contribution is -2.45. The first-order chi connectivity index (χ1) is 13.6. The molecule has 0 unspecified atom stereocenters. The van der Waals surface area contributed by atoms with Crippen molar-refractivity contribution in [2.24, 2.45) is 5.92 Å². The topological polar surface area (TPSA) is 62.6 Å². The fourth-order valence-electron chi connectivity index (χ4n) is 3.61. The highest BCUT2D eigenvalue weighted by atomic mass is 16.3. The fourth-order valence-corrected chi connectivity index (χ4v) is 3.61. The molecule has 2 atom stereocenters. The van der Waals surface area contributed by atoms with Crippen molar-refractivity contribution >= 4 is 23.1 Å². The van der Waals surface area contributed by atoms with E-state index in [2.05, 4.69) is 5.32 Å². The average Bonchev–Trinajstić information content (AvgIpc) is 3.23. The summed E-state index contributed by atoms with van der Waals surface area (Å²) in [5.74, 6) is -0.963. The summed E-state index contributed by atoms with van der Waals surface area (Å²) in [6, 6.07) is 21.8. The van der Waals surface area contributed by atoms with E-state index in [0.717, 1.165) is 11.4 Å². The number of rotatable bonds is 4. The van der Waals surface area contributed by atoms with Gasteiger partial charge in [-0.15, -0.1) is 0 Å². The van der Waals surface area contributed by atoms with E-state index in [4.69, 9.17) is 4.42 Å². The van der Waals surface area contributed by atoms with Crippen LogP contribution in [0.2, 0.25) is 0 Å². The number of amides is 1. The number of nitrogens with one attached hydrogen (secondary N) is 1. The molecule has 0 aliphatic carbocycles. The minimum Gasteiger partial charge on any atom is -0.467 e. The van der Waals surface area contributed by atoms with Crippen LogP contribution in [0.4, 0.5) is 11.4 Å². The third-order valence-electron chi connectivity index (χ3n) is 4.82. The molecule has 0 fully saturated rings. The summed E-state index contributed by atoms with van der Waals surface area (Å²) in [5, 5.41) is 2.86. The lowest BCUT2D eigenvalue weighted by Gasteiger charge is -2.39. The number of para-hydroxylation sites is 2. The smallest absolute Gasteiger partial charge is 0.237 e. The van der Waals surface area contributed by atoms with Crippen molar-refractivity contribution < 1.29 is 14.0 Å². The molecule has 140 valence electrons. The Morgan fingerprint density at radius 2 is 1.64 bits per heavy atom. The van der Waals surface area contributed by atoms with Crippen molar-refractivity contribution in [1.29, 1.82) is 0 Å². The van der Waals surface area contributed by atoms with Gasteiger partial charge in [0.05, 0.1) is 6.26 Å². The predicted octanol–water partition coefficient (Wildman–Crippen LogP) is 4.57. The van der Waals surface area contributed by atoms with Gasteiger partial charge in [-0.05, 0) is 43.3 Å². The van der Waals surface area contributed by atoms with Crippen LogP contribution < -0.4 is 10.2 Å². The number of hydrogen-bond acceptors (Lipinski definition) is 4. The van der Waals surface area contributed by atoms with E-state index in [0.29, 0.717) is 11.4 Å². The van der Waals surface area contributed by atoms with E-state index < -0.39 is 12.0 Å². The molecule has 1 amide bonds. The molecule has 2 aromatic carbocycles. The number of carbonyl (C=O) groups excluding carboxylic acids is 2. The monoisotopic (exact) mass is 372 g/mol. The van der Waals surface area contributed by atoms with Crippen LogP contribution in [0.5, 0.6) is 0 Å². The van der Waals surface area contributed by atoms with E-state index >= 15 is 0 Å². The van der Waals surface area contributed by atoms with Crippen molar-refractivity contribution in [3.05, 3.63) is 96.6 Å². The molecule has 5 nitrogen and oxygen atoms in total. The zero-order valence-electron chi connectivity index (χ0n) is 15.4. The number of anilines is 2.